The van der Waals surface area contributed by atoms with Crippen molar-refractivity contribution in [1.82, 2.24) is 14.7 Å². The van der Waals surface area contributed by atoms with E-state index in [1.807, 2.05) is 36.4 Å². The van der Waals surface area contributed by atoms with Crippen LogP contribution in [0.4, 0.5) is 4.79 Å². The first kappa shape index (κ1) is 58.3. The molecule has 0 saturated carbocycles. The summed E-state index contributed by atoms with van der Waals surface area (Å²) in [4.78, 5) is 101. The van der Waals surface area contributed by atoms with Gasteiger partial charge in [-0.05, 0) is 67.0 Å². The van der Waals surface area contributed by atoms with Gasteiger partial charge < -0.3 is 38.6 Å². The van der Waals surface area contributed by atoms with Crippen molar-refractivity contribution in [3.63, 3.8) is 0 Å². The number of benzene rings is 4. The van der Waals surface area contributed by atoms with Gasteiger partial charge in [0.25, 0.3) is 11.8 Å². The molecule has 0 aliphatic rings. The summed E-state index contributed by atoms with van der Waals surface area (Å²) in [5, 5.41) is 9.94. The van der Waals surface area contributed by atoms with Gasteiger partial charge in [-0.2, -0.15) is 0 Å². The van der Waals surface area contributed by atoms with Gasteiger partial charge >= 0.3 is 30.0 Å². The van der Waals surface area contributed by atoms with Crippen molar-refractivity contribution in [3.8, 4) is 5.75 Å². The number of amides is 3. The number of carboxylic acids is 1. The molecule has 0 aliphatic heterocycles. The van der Waals surface area contributed by atoms with E-state index in [0.29, 0.717) is 23.5 Å². The SMILES string of the molecule is CC(C)[C@@H](OC(=O)[C@H](Cc1ccc(OCc2ccccc2)cc1)N(C)C(=O)[C@H](OC(=O)[C@H](Cc1ccccc1)N(C)C(=O)[C@H](OC(=O)[C@H](Cc1ccccc1)N(C)C(=O)OC(C)(C)C)C(C)C)C(C)C)C(=O)O. The fourth-order valence-corrected chi connectivity index (χ4v) is 7.69. The summed E-state index contributed by atoms with van der Waals surface area (Å²) < 4.78 is 29.2. The van der Waals surface area contributed by atoms with Crippen LogP contribution in [0.25, 0.3) is 0 Å². The number of hydrogen-bond donors (Lipinski definition) is 1. The van der Waals surface area contributed by atoms with Crippen molar-refractivity contribution in [2.45, 2.75) is 130 Å². The van der Waals surface area contributed by atoms with Crippen molar-refractivity contribution in [1.29, 1.82) is 0 Å². The molecule has 4 aromatic carbocycles. The molecule has 0 aliphatic carbocycles. The van der Waals surface area contributed by atoms with Gasteiger partial charge in [0.05, 0.1) is 0 Å². The quantitative estimate of drug-likeness (QED) is 0.0525. The fourth-order valence-electron chi connectivity index (χ4n) is 7.69. The highest BCUT2D eigenvalue weighted by molar-refractivity contribution is 5.92. The third-order valence-electron chi connectivity index (χ3n) is 12.0. The lowest BCUT2D eigenvalue weighted by atomic mass is 10.00. The molecule has 16 heteroatoms. The highest BCUT2D eigenvalue weighted by atomic mass is 16.6. The smallest absolute Gasteiger partial charge is 0.410 e. The molecule has 0 radical (unpaired) electrons. The number of carboxylic acid groups (broad SMARTS) is 1. The number of hydrogen-bond acceptors (Lipinski definition) is 12. The summed E-state index contributed by atoms with van der Waals surface area (Å²) in [7, 11) is 4.15. The van der Waals surface area contributed by atoms with Crippen molar-refractivity contribution < 1.29 is 62.4 Å². The molecule has 0 fully saturated rings. The fraction of sp³-hybridized carbons (Fsp3) is 0.456. The zero-order chi connectivity index (χ0) is 54.2. The van der Waals surface area contributed by atoms with Gasteiger partial charge in [0, 0.05) is 46.3 Å². The molecule has 0 unspecified atom stereocenters. The van der Waals surface area contributed by atoms with Crippen LogP contribution < -0.4 is 4.74 Å². The van der Waals surface area contributed by atoms with Crippen molar-refractivity contribution in [2.24, 2.45) is 17.8 Å². The van der Waals surface area contributed by atoms with Gasteiger partial charge in [0.15, 0.2) is 12.2 Å². The molecule has 0 aromatic heterocycles. The molecule has 6 atom stereocenters. The summed E-state index contributed by atoms with van der Waals surface area (Å²) in [5.41, 5.74) is 2.05. The van der Waals surface area contributed by atoms with E-state index in [9.17, 15) is 38.7 Å². The molecule has 0 spiro atoms. The number of nitrogens with zero attached hydrogens (tertiary/aromatic N) is 3. The molecule has 4 aromatic rings. The van der Waals surface area contributed by atoms with Gasteiger partial charge in [-0.15, -0.1) is 0 Å². The Morgan fingerprint density at radius 1 is 0.466 bits per heavy atom. The highest BCUT2D eigenvalue weighted by Gasteiger charge is 2.42. The number of rotatable bonds is 24. The lowest BCUT2D eigenvalue weighted by Gasteiger charge is -2.35. The maximum atomic E-state index is 14.7. The van der Waals surface area contributed by atoms with Crippen LogP contribution in [0, 0.1) is 17.8 Å². The number of carbonyl (C=O) groups is 7. The van der Waals surface area contributed by atoms with Crippen molar-refractivity contribution in [3.05, 3.63) is 138 Å². The minimum absolute atomic E-state index is 0.0408. The van der Waals surface area contributed by atoms with Crippen LogP contribution in [-0.2, 0) is 73.6 Å². The summed E-state index contributed by atoms with van der Waals surface area (Å²) in [6.07, 6.45) is -5.39. The standard InChI is InChI=1S/C57H73N3O13/c1-36(2)47(50(61)59(11)45(54(66)72-49(38(5)6)52(63)64)34-41-28-30-43(31-29-41)69-35-42-26-20-15-21-27-42)70-53(65)44(32-39-22-16-13-17-23-39)58(10)51(62)48(37(3)4)71-55(67)46(33-40-24-18-14-19-25-40)60(12)56(68)73-57(7,8)9/h13-31,36-38,44-49H,32-35H2,1-12H3,(H,63,64)/t44-,45-,46-,47+,48+,49+/m0/s1. The lowest BCUT2D eigenvalue weighted by molar-refractivity contribution is -0.177. The molecular weight excluding hydrogens is 935 g/mol. The molecule has 3 amide bonds. The Kier molecular flexibility index (Phi) is 21.6. The summed E-state index contributed by atoms with van der Waals surface area (Å²) >= 11 is 0. The second kappa shape index (κ2) is 27.0. The Morgan fingerprint density at radius 2 is 0.795 bits per heavy atom. The van der Waals surface area contributed by atoms with Gasteiger partial charge in [0.1, 0.15) is 36.1 Å². The van der Waals surface area contributed by atoms with Crippen LogP contribution >= 0.6 is 0 Å². The van der Waals surface area contributed by atoms with E-state index < -0.39 is 102 Å². The van der Waals surface area contributed by atoms with Crippen LogP contribution in [-0.4, -0.2) is 125 Å². The summed E-state index contributed by atoms with van der Waals surface area (Å²) in [6.45, 7) is 15.3. The number of aliphatic carboxylic acids is 1. The Bertz CT molecular complexity index is 2440. The monoisotopic (exact) mass is 1010 g/mol. The van der Waals surface area contributed by atoms with Gasteiger partial charge in [0.2, 0.25) is 6.10 Å². The average molecular weight is 1010 g/mol. The minimum Gasteiger partial charge on any atom is -0.489 e. The average Bonchev–Trinajstić information content (AvgIpc) is 3.35. The Morgan fingerprint density at radius 3 is 1.14 bits per heavy atom. The summed E-state index contributed by atoms with van der Waals surface area (Å²) in [6, 6.07) is 30.4. The first-order valence-corrected chi connectivity index (χ1v) is 24.5. The molecule has 0 saturated heterocycles. The maximum Gasteiger partial charge on any atom is 0.410 e. The van der Waals surface area contributed by atoms with Crippen molar-refractivity contribution >= 4 is 41.8 Å². The third-order valence-corrected chi connectivity index (χ3v) is 12.0. The Hall–Kier alpha value is -7.23. The van der Waals surface area contributed by atoms with E-state index in [4.69, 9.17) is 23.7 Å². The first-order valence-electron chi connectivity index (χ1n) is 24.5. The Balaban J connectivity index is 1.64. The minimum atomic E-state index is -1.52. The molecule has 0 heterocycles. The number of ether oxygens (including phenoxy) is 5. The predicted molar refractivity (Wildman–Crippen MR) is 274 cm³/mol. The van der Waals surface area contributed by atoms with Crippen LogP contribution in [0.2, 0.25) is 0 Å². The second-order valence-electron chi connectivity index (χ2n) is 20.2. The predicted octanol–water partition coefficient (Wildman–Crippen LogP) is 7.97. The van der Waals surface area contributed by atoms with Crippen LogP contribution in [0.5, 0.6) is 5.75 Å². The highest BCUT2D eigenvalue weighted by Crippen LogP contribution is 2.24. The normalized spacial score (nSPS) is 13.9. The number of likely N-dealkylation sites (N-methyl/N-ethyl adjacent to an activating group) is 3. The first-order chi connectivity index (χ1) is 34.4. The van der Waals surface area contributed by atoms with E-state index >= 15 is 0 Å². The zero-order valence-electron chi connectivity index (χ0n) is 44.2. The van der Waals surface area contributed by atoms with Gasteiger partial charge in [-0.25, -0.2) is 24.0 Å². The van der Waals surface area contributed by atoms with Gasteiger partial charge in [-0.1, -0.05) is 145 Å². The van der Waals surface area contributed by atoms with Gasteiger partial charge in [-0.3, -0.25) is 14.5 Å². The van der Waals surface area contributed by atoms with E-state index in [1.165, 1.54) is 21.1 Å². The molecular formula is C57H73N3O13. The topological polar surface area (TPSA) is 196 Å². The number of esters is 3. The Labute approximate surface area is 429 Å². The molecule has 16 nitrogen and oxygen atoms in total. The van der Waals surface area contributed by atoms with E-state index in [0.717, 1.165) is 25.8 Å². The number of carbonyl (C=O) groups excluding carboxylic acids is 6. The third kappa shape index (κ3) is 17.5. The van der Waals surface area contributed by atoms with E-state index in [2.05, 4.69) is 0 Å². The molecule has 394 valence electrons. The van der Waals surface area contributed by atoms with Crippen LogP contribution in [0.3, 0.4) is 0 Å². The molecule has 4 rings (SSSR count). The van der Waals surface area contributed by atoms with E-state index in [-0.39, 0.29) is 19.3 Å². The second-order valence-corrected chi connectivity index (χ2v) is 20.2. The van der Waals surface area contributed by atoms with Crippen LogP contribution in [0.15, 0.2) is 115 Å². The lowest BCUT2D eigenvalue weighted by Crippen LogP contribution is -2.55. The maximum absolute atomic E-state index is 14.7. The molecule has 73 heavy (non-hydrogen) atoms. The zero-order valence-corrected chi connectivity index (χ0v) is 44.2. The van der Waals surface area contributed by atoms with Crippen molar-refractivity contribution in [2.75, 3.05) is 21.1 Å². The van der Waals surface area contributed by atoms with E-state index in [1.54, 1.807) is 141 Å². The summed E-state index contributed by atoms with van der Waals surface area (Å²) in [5.74, 6) is -7.07. The van der Waals surface area contributed by atoms with Crippen LogP contribution in [0.1, 0.15) is 84.6 Å². The molecule has 0 bridgehead atoms. The largest absolute Gasteiger partial charge is 0.489 e. The molecule has 1 N–H and O–H groups in total.